The van der Waals surface area contributed by atoms with Crippen molar-refractivity contribution in [3.8, 4) is 5.75 Å². The Morgan fingerprint density at radius 2 is 2.15 bits per heavy atom. The Labute approximate surface area is 153 Å². The van der Waals surface area contributed by atoms with Gasteiger partial charge in [-0.25, -0.2) is 4.98 Å². The molecule has 136 valence electrons. The van der Waals surface area contributed by atoms with Crippen molar-refractivity contribution in [1.82, 2.24) is 19.9 Å². The van der Waals surface area contributed by atoms with E-state index in [9.17, 15) is 0 Å². The number of fused-ring (bicyclic) bond motifs is 1. The summed E-state index contributed by atoms with van der Waals surface area (Å²) in [5, 5.41) is 1.18. The van der Waals surface area contributed by atoms with Gasteiger partial charge in [0.2, 0.25) is 0 Å². The summed E-state index contributed by atoms with van der Waals surface area (Å²) in [5.74, 6) is 1.80. The number of H-pyrrole nitrogens is 1. The molecule has 6 heteroatoms. The molecule has 6 nitrogen and oxygen atoms in total. The Morgan fingerprint density at radius 3 is 2.96 bits per heavy atom. The maximum atomic E-state index is 5.33. The molecule has 1 fully saturated rings. The fourth-order valence-electron chi connectivity index (χ4n) is 3.70. The van der Waals surface area contributed by atoms with Gasteiger partial charge in [0, 0.05) is 37.2 Å². The third-order valence-corrected chi connectivity index (χ3v) is 5.06. The predicted molar refractivity (Wildman–Crippen MR) is 104 cm³/mol. The Morgan fingerprint density at radius 1 is 1.27 bits per heavy atom. The maximum absolute atomic E-state index is 5.33. The van der Waals surface area contributed by atoms with E-state index in [1.54, 1.807) is 7.11 Å². The van der Waals surface area contributed by atoms with Crippen LogP contribution in [0, 0.1) is 0 Å². The van der Waals surface area contributed by atoms with E-state index in [0.29, 0.717) is 6.04 Å². The van der Waals surface area contributed by atoms with Gasteiger partial charge in [-0.1, -0.05) is 0 Å². The van der Waals surface area contributed by atoms with Crippen LogP contribution in [0.5, 0.6) is 5.75 Å². The molecule has 0 amide bonds. The molecule has 1 atom stereocenters. The minimum Gasteiger partial charge on any atom is -0.497 e. The second kappa shape index (κ2) is 6.96. The van der Waals surface area contributed by atoms with Crippen molar-refractivity contribution in [2.75, 3.05) is 32.6 Å². The number of likely N-dealkylation sites (tertiary alicyclic amines) is 1. The van der Waals surface area contributed by atoms with E-state index in [-0.39, 0.29) is 0 Å². The topological polar surface area (TPSA) is 57.3 Å². The summed E-state index contributed by atoms with van der Waals surface area (Å²) in [7, 11) is 5.70. The number of methoxy groups -OCH3 is 1. The normalized spacial score (nSPS) is 17.7. The lowest BCUT2D eigenvalue weighted by Gasteiger charge is -2.24. The van der Waals surface area contributed by atoms with E-state index in [2.05, 4.69) is 33.1 Å². The number of hydrogen-bond donors (Lipinski definition) is 1. The van der Waals surface area contributed by atoms with Crippen LogP contribution in [-0.4, -0.2) is 47.6 Å². The second-order valence-electron chi connectivity index (χ2n) is 7.07. The summed E-state index contributed by atoms with van der Waals surface area (Å²) < 4.78 is 5.33. The first-order valence-electron chi connectivity index (χ1n) is 9.03. The maximum Gasteiger partial charge on any atom is 0.146 e. The summed E-state index contributed by atoms with van der Waals surface area (Å²) in [6, 6.07) is 8.68. The number of benzene rings is 1. The van der Waals surface area contributed by atoms with Crippen LogP contribution in [-0.2, 0) is 6.54 Å². The lowest BCUT2D eigenvalue weighted by molar-refractivity contribution is 0.242. The average Bonchev–Trinajstić information content (AvgIpc) is 3.27. The first kappa shape index (κ1) is 16.8. The van der Waals surface area contributed by atoms with Crippen molar-refractivity contribution in [2.45, 2.75) is 25.4 Å². The van der Waals surface area contributed by atoms with Crippen LogP contribution < -0.4 is 9.64 Å². The number of rotatable bonds is 5. The van der Waals surface area contributed by atoms with Crippen molar-refractivity contribution < 1.29 is 4.74 Å². The molecule has 1 aliphatic heterocycles. The second-order valence-corrected chi connectivity index (χ2v) is 7.07. The number of aromatic nitrogens is 3. The highest BCUT2D eigenvalue weighted by atomic mass is 16.5. The molecule has 26 heavy (non-hydrogen) atoms. The van der Waals surface area contributed by atoms with Gasteiger partial charge < -0.3 is 14.6 Å². The molecule has 1 unspecified atom stereocenters. The standard InChI is InChI=1S/C20H25N5O/c1-24(2)20-12-21-11-18(23-20)19-5-4-8-25(19)13-15-9-14-10-16(26-3)6-7-17(14)22-15/h6-7,9-12,19,22H,4-5,8,13H2,1-3H3. The summed E-state index contributed by atoms with van der Waals surface area (Å²) in [5.41, 5.74) is 3.43. The minimum atomic E-state index is 0.323. The molecule has 0 radical (unpaired) electrons. The van der Waals surface area contributed by atoms with Crippen LogP contribution in [0.1, 0.15) is 30.3 Å². The highest BCUT2D eigenvalue weighted by molar-refractivity contribution is 5.81. The molecule has 1 aromatic carbocycles. The Hall–Kier alpha value is -2.60. The van der Waals surface area contributed by atoms with Crippen molar-refractivity contribution in [1.29, 1.82) is 0 Å². The fourth-order valence-corrected chi connectivity index (χ4v) is 3.70. The Bertz CT molecular complexity index is 904. The van der Waals surface area contributed by atoms with Gasteiger partial charge >= 0.3 is 0 Å². The van der Waals surface area contributed by atoms with Gasteiger partial charge in [-0.15, -0.1) is 0 Å². The van der Waals surface area contributed by atoms with Crippen LogP contribution >= 0.6 is 0 Å². The van der Waals surface area contributed by atoms with E-state index in [1.165, 1.54) is 17.5 Å². The summed E-state index contributed by atoms with van der Waals surface area (Å²) in [4.78, 5) is 17.2. The molecule has 0 bridgehead atoms. The molecule has 3 heterocycles. The SMILES string of the molecule is COc1ccc2[nH]c(CN3CCCC3c3cncc(N(C)C)n3)cc2c1. The van der Waals surface area contributed by atoms with E-state index in [1.807, 2.05) is 37.5 Å². The molecule has 1 saturated heterocycles. The first-order chi connectivity index (χ1) is 12.6. The number of aromatic amines is 1. The zero-order chi connectivity index (χ0) is 18.1. The lowest BCUT2D eigenvalue weighted by atomic mass is 10.1. The molecular formula is C20H25N5O. The van der Waals surface area contributed by atoms with Gasteiger partial charge in [0.25, 0.3) is 0 Å². The van der Waals surface area contributed by atoms with Gasteiger partial charge in [0.05, 0.1) is 31.2 Å². The predicted octanol–water partition coefficient (Wildman–Crippen LogP) is 3.37. The van der Waals surface area contributed by atoms with Gasteiger partial charge in [-0.3, -0.25) is 9.88 Å². The highest BCUT2D eigenvalue weighted by Crippen LogP contribution is 2.33. The van der Waals surface area contributed by atoms with Gasteiger partial charge in [-0.05, 0) is 43.7 Å². The van der Waals surface area contributed by atoms with Gasteiger partial charge in [0.1, 0.15) is 11.6 Å². The monoisotopic (exact) mass is 351 g/mol. The number of nitrogens with zero attached hydrogens (tertiary/aromatic N) is 4. The number of nitrogens with one attached hydrogen (secondary N) is 1. The largest absolute Gasteiger partial charge is 0.497 e. The summed E-state index contributed by atoms with van der Waals surface area (Å²) in [6.07, 6.45) is 6.03. The van der Waals surface area contributed by atoms with Crippen LogP contribution in [0.15, 0.2) is 36.7 Å². The average molecular weight is 351 g/mol. The number of ether oxygens (including phenoxy) is 1. The molecular weight excluding hydrogens is 326 g/mol. The van der Waals surface area contributed by atoms with E-state index >= 15 is 0 Å². The van der Waals surface area contributed by atoms with Crippen LogP contribution in [0.25, 0.3) is 10.9 Å². The molecule has 0 aliphatic carbocycles. The molecule has 1 N–H and O–H groups in total. The van der Waals surface area contributed by atoms with E-state index in [0.717, 1.165) is 42.3 Å². The van der Waals surface area contributed by atoms with Crippen LogP contribution in [0.3, 0.4) is 0 Å². The van der Waals surface area contributed by atoms with Gasteiger partial charge in [-0.2, -0.15) is 0 Å². The zero-order valence-corrected chi connectivity index (χ0v) is 15.6. The van der Waals surface area contributed by atoms with Crippen molar-refractivity contribution in [3.05, 3.63) is 48.0 Å². The third-order valence-electron chi connectivity index (χ3n) is 5.06. The van der Waals surface area contributed by atoms with Crippen molar-refractivity contribution in [3.63, 3.8) is 0 Å². The van der Waals surface area contributed by atoms with Crippen molar-refractivity contribution >= 4 is 16.7 Å². The highest BCUT2D eigenvalue weighted by Gasteiger charge is 2.28. The Balaban J connectivity index is 1.56. The summed E-state index contributed by atoms with van der Waals surface area (Å²) in [6.45, 7) is 1.97. The molecule has 0 spiro atoms. The fraction of sp³-hybridized carbons (Fsp3) is 0.400. The van der Waals surface area contributed by atoms with E-state index in [4.69, 9.17) is 9.72 Å². The molecule has 1 aliphatic rings. The quantitative estimate of drug-likeness (QED) is 0.764. The third kappa shape index (κ3) is 3.24. The van der Waals surface area contributed by atoms with E-state index < -0.39 is 0 Å². The molecule has 0 saturated carbocycles. The smallest absolute Gasteiger partial charge is 0.146 e. The van der Waals surface area contributed by atoms with Crippen molar-refractivity contribution in [2.24, 2.45) is 0 Å². The Kier molecular flexibility index (Phi) is 4.51. The summed E-state index contributed by atoms with van der Waals surface area (Å²) >= 11 is 0. The molecule has 2 aromatic heterocycles. The number of anilines is 1. The molecule has 3 aromatic rings. The molecule has 4 rings (SSSR count). The van der Waals surface area contributed by atoms with Gasteiger partial charge in [0.15, 0.2) is 0 Å². The number of hydrogen-bond acceptors (Lipinski definition) is 5. The lowest BCUT2D eigenvalue weighted by Crippen LogP contribution is -2.24. The minimum absolute atomic E-state index is 0.323. The zero-order valence-electron chi connectivity index (χ0n) is 15.6. The van der Waals surface area contributed by atoms with Crippen LogP contribution in [0.2, 0.25) is 0 Å². The first-order valence-corrected chi connectivity index (χ1v) is 9.03. The van der Waals surface area contributed by atoms with Crippen LogP contribution in [0.4, 0.5) is 5.82 Å².